The van der Waals surface area contributed by atoms with Gasteiger partial charge in [0.1, 0.15) is 12.2 Å². The molecule has 2 heterocycles. The summed E-state index contributed by atoms with van der Waals surface area (Å²) in [5, 5.41) is 9.20. The summed E-state index contributed by atoms with van der Waals surface area (Å²) in [5.74, 6) is 0. The third kappa shape index (κ3) is 1.40. The predicted molar refractivity (Wildman–Crippen MR) is 43.6 cm³/mol. The molecule has 0 amide bonds. The average molecular weight is 170 g/mol. The Morgan fingerprint density at radius 3 is 2.67 bits per heavy atom. The Bertz CT molecular complexity index is 190. The van der Waals surface area contributed by atoms with Crippen LogP contribution in [0.25, 0.3) is 0 Å². The number of hydrogen-bond acceptors (Lipinski definition) is 3. The molecule has 0 aliphatic carbocycles. The fourth-order valence-electron chi connectivity index (χ4n) is 1.66. The molecule has 4 atom stereocenters. The van der Waals surface area contributed by atoms with E-state index in [2.05, 4.69) is 6.08 Å². The third-order valence-electron chi connectivity index (χ3n) is 2.38. The SMILES string of the molecule is C/C=C\CC[C@H]1OC(O)[C@@H]2O[C@H]12. The molecule has 0 aromatic carbocycles. The lowest BCUT2D eigenvalue weighted by Crippen LogP contribution is -2.18. The average Bonchev–Trinajstić information content (AvgIpc) is 2.77. The maximum atomic E-state index is 9.20. The van der Waals surface area contributed by atoms with Gasteiger partial charge in [0.2, 0.25) is 0 Å². The molecule has 12 heavy (non-hydrogen) atoms. The van der Waals surface area contributed by atoms with E-state index in [1.165, 1.54) is 0 Å². The topological polar surface area (TPSA) is 42.0 Å². The van der Waals surface area contributed by atoms with Crippen LogP contribution in [0.3, 0.4) is 0 Å². The third-order valence-corrected chi connectivity index (χ3v) is 2.38. The normalized spacial score (nSPS) is 45.2. The minimum absolute atomic E-state index is 0.0272. The van der Waals surface area contributed by atoms with Gasteiger partial charge >= 0.3 is 0 Å². The van der Waals surface area contributed by atoms with Crippen LogP contribution in [0, 0.1) is 0 Å². The van der Waals surface area contributed by atoms with Gasteiger partial charge in [-0.2, -0.15) is 0 Å². The molecule has 2 rings (SSSR count). The second-order valence-corrected chi connectivity index (χ2v) is 3.28. The van der Waals surface area contributed by atoms with Crippen LogP contribution >= 0.6 is 0 Å². The molecule has 0 spiro atoms. The standard InChI is InChI=1S/C9H14O3/c1-2-3-4-5-6-7-8(12-7)9(10)11-6/h2-3,6-10H,4-5H2,1H3/b3-2-/t6-,7-,8-,9?/m1/s1. The van der Waals surface area contributed by atoms with Crippen LogP contribution in [-0.2, 0) is 9.47 Å². The molecule has 0 saturated carbocycles. The summed E-state index contributed by atoms with van der Waals surface area (Å²) in [6.07, 6.45) is 5.66. The van der Waals surface area contributed by atoms with E-state index < -0.39 is 6.29 Å². The van der Waals surface area contributed by atoms with Gasteiger partial charge in [-0.1, -0.05) is 12.2 Å². The zero-order valence-electron chi connectivity index (χ0n) is 7.14. The number of aliphatic hydroxyl groups is 1. The van der Waals surface area contributed by atoms with Crippen molar-refractivity contribution in [3.05, 3.63) is 12.2 Å². The zero-order valence-corrected chi connectivity index (χ0v) is 7.14. The molecule has 0 aromatic heterocycles. The lowest BCUT2D eigenvalue weighted by Gasteiger charge is -2.12. The first kappa shape index (κ1) is 8.23. The van der Waals surface area contributed by atoms with E-state index in [4.69, 9.17) is 9.47 Å². The highest BCUT2D eigenvalue weighted by Gasteiger charge is 2.57. The molecule has 3 nitrogen and oxygen atoms in total. The quantitative estimate of drug-likeness (QED) is 0.504. The van der Waals surface area contributed by atoms with Gasteiger partial charge in [0.05, 0.1) is 6.10 Å². The first-order valence-corrected chi connectivity index (χ1v) is 4.43. The highest BCUT2D eigenvalue weighted by Crippen LogP contribution is 2.39. The summed E-state index contributed by atoms with van der Waals surface area (Å²) < 4.78 is 10.5. The van der Waals surface area contributed by atoms with E-state index >= 15 is 0 Å². The van der Waals surface area contributed by atoms with E-state index in [9.17, 15) is 5.11 Å². The van der Waals surface area contributed by atoms with E-state index in [0.717, 1.165) is 12.8 Å². The molecule has 2 fully saturated rings. The Kier molecular flexibility index (Phi) is 2.17. The molecule has 3 heteroatoms. The van der Waals surface area contributed by atoms with Gasteiger partial charge < -0.3 is 14.6 Å². The van der Waals surface area contributed by atoms with Crippen LogP contribution in [-0.4, -0.2) is 29.7 Å². The van der Waals surface area contributed by atoms with Crippen molar-refractivity contribution in [1.82, 2.24) is 0 Å². The van der Waals surface area contributed by atoms with Crippen LogP contribution in [0.1, 0.15) is 19.8 Å². The van der Waals surface area contributed by atoms with Crippen LogP contribution in [0.4, 0.5) is 0 Å². The highest BCUT2D eigenvalue weighted by atomic mass is 16.7. The summed E-state index contributed by atoms with van der Waals surface area (Å²) in [5.41, 5.74) is 0. The summed E-state index contributed by atoms with van der Waals surface area (Å²) in [6, 6.07) is 0. The van der Waals surface area contributed by atoms with E-state index in [1.807, 2.05) is 13.0 Å². The minimum Gasteiger partial charge on any atom is -0.366 e. The van der Waals surface area contributed by atoms with Gasteiger partial charge in [0.25, 0.3) is 0 Å². The molecule has 0 radical (unpaired) electrons. The van der Waals surface area contributed by atoms with Crippen molar-refractivity contribution in [2.45, 2.75) is 44.4 Å². The molecular formula is C9H14O3. The van der Waals surface area contributed by atoms with Gasteiger partial charge in [-0.3, -0.25) is 0 Å². The molecule has 68 valence electrons. The second-order valence-electron chi connectivity index (χ2n) is 3.28. The van der Waals surface area contributed by atoms with Gasteiger partial charge in [0, 0.05) is 0 Å². The Morgan fingerprint density at radius 1 is 1.33 bits per heavy atom. The fraction of sp³-hybridized carbons (Fsp3) is 0.778. The predicted octanol–water partition coefficient (Wildman–Crippen LogP) is 0.827. The largest absolute Gasteiger partial charge is 0.366 e. The second kappa shape index (κ2) is 3.17. The maximum Gasteiger partial charge on any atom is 0.184 e. The molecular weight excluding hydrogens is 156 g/mol. The smallest absolute Gasteiger partial charge is 0.184 e. The van der Waals surface area contributed by atoms with E-state index in [-0.39, 0.29) is 18.3 Å². The van der Waals surface area contributed by atoms with Gasteiger partial charge in [-0.15, -0.1) is 0 Å². The maximum absolute atomic E-state index is 9.20. The molecule has 0 aromatic rings. The Morgan fingerprint density at radius 2 is 2.17 bits per heavy atom. The molecule has 2 saturated heterocycles. The number of epoxide rings is 1. The Labute approximate surface area is 72.0 Å². The van der Waals surface area contributed by atoms with Gasteiger partial charge in [-0.25, -0.2) is 0 Å². The monoisotopic (exact) mass is 170 g/mol. The highest BCUT2D eigenvalue weighted by molar-refractivity contribution is 5.00. The van der Waals surface area contributed by atoms with Crippen molar-refractivity contribution in [2.75, 3.05) is 0 Å². The first-order chi connectivity index (χ1) is 5.83. The van der Waals surface area contributed by atoms with E-state index in [0.29, 0.717) is 0 Å². The lowest BCUT2D eigenvalue weighted by atomic mass is 10.1. The van der Waals surface area contributed by atoms with Crippen LogP contribution in [0.5, 0.6) is 0 Å². The number of allylic oxidation sites excluding steroid dienone is 2. The summed E-state index contributed by atoms with van der Waals surface area (Å²) in [4.78, 5) is 0. The molecule has 2 aliphatic heterocycles. The van der Waals surface area contributed by atoms with Crippen molar-refractivity contribution in [2.24, 2.45) is 0 Å². The number of ether oxygens (including phenoxy) is 2. The number of fused-ring (bicyclic) bond motifs is 1. The van der Waals surface area contributed by atoms with Gasteiger partial charge in [-0.05, 0) is 19.8 Å². The zero-order chi connectivity index (χ0) is 8.55. The van der Waals surface area contributed by atoms with Crippen LogP contribution < -0.4 is 0 Å². The van der Waals surface area contributed by atoms with Crippen LogP contribution in [0.2, 0.25) is 0 Å². The summed E-state index contributed by atoms with van der Waals surface area (Å²) >= 11 is 0. The lowest BCUT2D eigenvalue weighted by molar-refractivity contribution is -0.141. The van der Waals surface area contributed by atoms with Crippen molar-refractivity contribution >= 4 is 0 Å². The summed E-state index contributed by atoms with van der Waals surface area (Å²) in [6.45, 7) is 2.00. The molecule has 0 bridgehead atoms. The van der Waals surface area contributed by atoms with Gasteiger partial charge in [0.15, 0.2) is 6.29 Å². The van der Waals surface area contributed by atoms with Crippen LogP contribution in [0.15, 0.2) is 12.2 Å². The van der Waals surface area contributed by atoms with Crippen molar-refractivity contribution in [3.8, 4) is 0 Å². The van der Waals surface area contributed by atoms with Crippen molar-refractivity contribution in [1.29, 1.82) is 0 Å². The Balaban J connectivity index is 1.75. The number of aliphatic hydroxyl groups excluding tert-OH is 1. The number of rotatable bonds is 3. The minimum atomic E-state index is -0.675. The van der Waals surface area contributed by atoms with Crippen molar-refractivity contribution < 1.29 is 14.6 Å². The number of hydrogen-bond donors (Lipinski definition) is 1. The first-order valence-electron chi connectivity index (χ1n) is 4.43. The van der Waals surface area contributed by atoms with E-state index in [1.54, 1.807) is 0 Å². The fourth-order valence-corrected chi connectivity index (χ4v) is 1.66. The Hall–Kier alpha value is -0.380. The molecule has 1 unspecified atom stereocenters. The summed E-state index contributed by atoms with van der Waals surface area (Å²) in [7, 11) is 0. The van der Waals surface area contributed by atoms with Crippen molar-refractivity contribution in [3.63, 3.8) is 0 Å². The molecule has 2 aliphatic rings. The molecule has 1 N–H and O–H groups in total.